The highest BCUT2D eigenvalue weighted by Gasteiger charge is 2.28. The Hall–Kier alpha value is -3.15. The van der Waals surface area contributed by atoms with Gasteiger partial charge in [-0.3, -0.25) is 4.79 Å². The zero-order chi connectivity index (χ0) is 20.7. The number of anilines is 2. The predicted octanol–water partition coefficient (Wildman–Crippen LogP) is 4.66. The Labute approximate surface area is 175 Å². The van der Waals surface area contributed by atoms with Gasteiger partial charge < -0.3 is 10.2 Å². The van der Waals surface area contributed by atoms with Gasteiger partial charge in [-0.25, -0.2) is 9.07 Å². The number of para-hydroxylation sites is 1. The highest BCUT2D eigenvalue weighted by molar-refractivity contribution is 6.04. The molecule has 2 aromatic carbocycles. The molecule has 2 aliphatic rings. The second-order valence-electron chi connectivity index (χ2n) is 8.14. The van der Waals surface area contributed by atoms with Crippen molar-refractivity contribution in [1.82, 2.24) is 9.78 Å². The van der Waals surface area contributed by atoms with E-state index in [1.165, 1.54) is 24.6 Å². The van der Waals surface area contributed by atoms with Crippen molar-refractivity contribution in [1.29, 1.82) is 0 Å². The fraction of sp³-hybridized carbons (Fsp3) is 0.333. The van der Waals surface area contributed by atoms with Crippen molar-refractivity contribution in [2.45, 2.75) is 39.0 Å². The van der Waals surface area contributed by atoms with E-state index in [0.29, 0.717) is 11.4 Å². The van der Waals surface area contributed by atoms with Gasteiger partial charge in [-0.2, -0.15) is 5.10 Å². The Balaban J connectivity index is 1.43. The first-order chi connectivity index (χ1) is 14.6. The third-order valence-electron chi connectivity index (χ3n) is 6.16. The molecule has 0 radical (unpaired) electrons. The summed E-state index contributed by atoms with van der Waals surface area (Å²) in [7, 11) is 0. The fourth-order valence-corrected chi connectivity index (χ4v) is 4.58. The minimum Gasteiger partial charge on any atom is -0.372 e. The second-order valence-corrected chi connectivity index (χ2v) is 8.14. The van der Waals surface area contributed by atoms with Crippen LogP contribution >= 0.6 is 0 Å². The SMILES string of the molecule is Cc1cc(N2CCCC2)ccc1NC(=O)c1nn(-c2ccccc2F)c2c1CCC2. The maximum Gasteiger partial charge on any atom is 0.276 e. The van der Waals surface area contributed by atoms with Crippen LogP contribution in [0.2, 0.25) is 0 Å². The molecule has 1 amide bonds. The van der Waals surface area contributed by atoms with Crippen LogP contribution in [0.4, 0.5) is 15.8 Å². The Morgan fingerprint density at radius 2 is 1.87 bits per heavy atom. The lowest BCUT2D eigenvalue weighted by molar-refractivity contribution is 0.102. The van der Waals surface area contributed by atoms with Gasteiger partial charge in [0.15, 0.2) is 5.69 Å². The van der Waals surface area contributed by atoms with E-state index < -0.39 is 0 Å². The molecule has 3 aromatic rings. The number of benzene rings is 2. The number of carbonyl (C=O) groups excluding carboxylic acids is 1. The number of amides is 1. The van der Waals surface area contributed by atoms with Crippen molar-refractivity contribution in [2.24, 2.45) is 0 Å². The first-order valence-corrected chi connectivity index (χ1v) is 10.6. The zero-order valence-corrected chi connectivity index (χ0v) is 17.1. The molecule has 0 bridgehead atoms. The quantitative estimate of drug-likeness (QED) is 0.688. The molecule has 0 atom stereocenters. The zero-order valence-electron chi connectivity index (χ0n) is 17.1. The molecular formula is C24H25FN4O. The lowest BCUT2D eigenvalue weighted by Gasteiger charge is -2.19. The molecule has 1 N–H and O–H groups in total. The van der Waals surface area contributed by atoms with E-state index in [2.05, 4.69) is 27.4 Å². The summed E-state index contributed by atoms with van der Waals surface area (Å²) in [5.74, 6) is -0.574. The summed E-state index contributed by atoms with van der Waals surface area (Å²) < 4.78 is 16.0. The maximum atomic E-state index is 14.4. The van der Waals surface area contributed by atoms with Crippen LogP contribution in [0.1, 0.15) is 46.6 Å². The average molecular weight is 404 g/mol. The minimum atomic E-state index is -0.338. The van der Waals surface area contributed by atoms with Crippen molar-refractivity contribution in [3.8, 4) is 5.69 Å². The van der Waals surface area contributed by atoms with Gasteiger partial charge in [0, 0.05) is 35.7 Å². The van der Waals surface area contributed by atoms with Gasteiger partial charge in [-0.15, -0.1) is 0 Å². The highest BCUT2D eigenvalue weighted by Crippen LogP contribution is 2.30. The molecule has 6 heteroatoms. The smallest absolute Gasteiger partial charge is 0.276 e. The van der Waals surface area contributed by atoms with Crippen molar-refractivity contribution in [2.75, 3.05) is 23.3 Å². The van der Waals surface area contributed by atoms with Gasteiger partial charge in [-0.05, 0) is 74.9 Å². The van der Waals surface area contributed by atoms with E-state index in [1.54, 1.807) is 22.9 Å². The molecule has 1 aliphatic carbocycles. The van der Waals surface area contributed by atoms with E-state index in [1.807, 2.05) is 13.0 Å². The van der Waals surface area contributed by atoms with Gasteiger partial charge in [0.2, 0.25) is 0 Å². The molecular weight excluding hydrogens is 379 g/mol. The number of fused-ring (bicyclic) bond motifs is 1. The van der Waals surface area contributed by atoms with Crippen LogP contribution in [0.3, 0.4) is 0 Å². The van der Waals surface area contributed by atoms with Gasteiger partial charge in [-0.1, -0.05) is 12.1 Å². The van der Waals surface area contributed by atoms with Crippen molar-refractivity contribution in [3.05, 3.63) is 70.8 Å². The molecule has 1 aliphatic heterocycles. The van der Waals surface area contributed by atoms with Crippen molar-refractivity contribution in [3.63, 3.8) is 0 Å². The average Bonchev–Trinajstić information content (AvgIpc) is 3.48. The summed E-state index contributed by atoms with van der Waals surface area (Å²) >= 11 is 0. The summed E-state index contributed by atoms with van der Waals surface area (Å²) in [5.41, 5.74) is 5.67. The Morgan fingerprint density at radius 1 is 1.07 bits per heavy atom. The summed E-state index contributed by atoms with van der Waals surface area (Å²) in [6.07, 6.45) is 5.00. The highest BCUT2D eigenvalue weighted by atomic mass is 19.1. The number of halogens is 1. The number of rotatable bonds is 4. The number of aryl methyl sites for hydroxylation is 1. The molecule has 30 heavy (non-hydrogen) atoms. The molecule has 154 valence electrons. The second kappa shape index (κ2) is 7.59. The first kappa shape index (κ1) is 18.9. The largest absolute Gasteiger partial charge is 0.372 e. The molecule has 0 saturated carbocycles. The van der Waals surface area contributed by atoms with Crippen LogP contribution < -0.4 is 10.2 Å². The first-order valence-electron chi connectivity index (χ1n) is 10.6. The number of nitrogens with zero attached hydrogens (tertiary/aromatic N) is 3. The van der Waals surface area contributed by atoms with E-state index in [-0.39, 0.29) is 11.7 Å². The third-order valence-corrected chi connectivity index (χ3v) is 6.16. The lowest BCUT2D eigenvalue weighted by Crippen LogP contribution is -2.18. The molecule has 0 spiro atoms. The number of aromatic nitrogens is 2. The Bertz CT molecular complexity index is 1110. The van der Waals surface area contributed by atoms with Gasteiger partial charge in [0.05, 0.1) is 0 Å². The van der Waals surface area contributed by atoms with E-state index in [0.717, 1.165) is 54.9 Å². The van der Waals surface area contributed by atoms with Gasteiger partial charge in [0.1, 0.15) is 11.5 Å². The van der Waals surface area contributed by atoms with E-state index >= 15 is 0 Å². The molecule has 5 nitrogen and oxygen atoms in total. The predicted molar refractivity (Wildman–Crippen MR) is 116 cm³/mol. The molecule has 2 heterocycles. The van der Waals surface area contributed by atoms with Gasteiger partial charge >= 0.3 is 0 Å². The molecule has 1 aromatic heterocycles. The summed E-state index contributed by atoms with van der Waals surface area (Å²) in [4.78, 5) is 15.5. The number of hydrogen-bond acceptors (Lipinski definition) is 3. The van der Waals surface area contributed by atoms with Crippen LogP contribution in [-0.4, -0.2) is 28.8 Å². The molecule has 1 saturated heterocycles. The van der Waals surface area contributed by atoms with E-state index in [4.69, 9.17) is 0 Å². The summed E-state index contributed by atoms with van der Waals surface area (Å²) in [6.45, 7) is 4.19. The van der Waals surface area contributed by atoms with E-state index in [9.17, 15) is 9.18 Å². The summed E-state index contributed by atoms with van der Waals surface area (Å²) in [5, 5.41) is 7.55. The van der Waals surface area contributed by atoms with Crippen LogP contribution in [0, 0.1) is 12.7 Å². The number of carbonyl (C=O) groups is 1. The number of nitrogens with one attached hydrogen (secondary N) is 1. The number of hydrogen-bond donors (Lipinski definition) is 1. The van der Waals surface area contributed by atoms with Crippen LogP contribution in [0.15, 0.2) is 42.5 Å². The molecule has 5 rings (SSSR count). The van der Waals surface area contributed by atoms with Crippen molar-refractivity contribution < 1.29 is 9.18 Å². The topological polar surface area (TPSA) is 50.2 Å². The van der Waals surface area contributed by atoms with Crippen molar-refractivity contribution >= 4 is 17.3 Å². The maximum absolute atomic E-state index is 14.4. The minimum absolute atomic E-state index is 0.236. The molecule has 1 fully saturated rings. The third kappa shape index (κ3) is 3.26. The van der Waals surface area contributed by atoms with Crippen LogP contribution in [0.5, 0.6) is 0 Å². The van der Waals surface area contributed by atoms with Gasteiger partial charge in [0.25, 0.3) is 5.91 Å². The Morgan fingerprint density at radius 3 is 2.63 bits per heavy atom. The van der Waals surface area contributed by atoms with Crippen LogP contribution in [-0.2, 0) is 12.8 Å². The fourth-order valence-electron chi connectivity index (χ4n) is 4.58. The lowest BCUT2D eigenvalue weighted by atomic mass is 10.1. The normalized spacial score (nSPS) is 15.5. The Kier molecular flexibility index (Phi) is 4.77. The summed E-state index contributed by atoms with van der Waals surface area (Å²) in [6, 6.07) is 12.7. The van der Waals surface area contributed by atoms with Crippen LogP contribution in [0.25, 0.3) is 5.69 Å². The monoisotopic (exact) mass is 404 g/mol. The molecule has 0 unspecified atom stereocenters. The standard InChI is InChI=1S/C24H25FN4O/c1-16-15-17(28-13-4-5-14-28)11-12-20(16)26-24(30)23-18-7-6-10-21(18)29(27-23)22-9-3-2-8-19(22)25/h2-3,8-9,11-12,15H,4-7,10,13-14H2,1H3,(H,26,30).